The second kappa shape index (κ2) is 6.98. The first-order valence-corrected chi connectivity index (χ1v) is 4.84. The average Bonchev–Trinajstić information content (AvgIpc) is 2.21. The number of ether oxygens (including phenoxy) is 1. The Bertz CT molecular complexity index is 250. The molecule has 86 valence electrons. The van der Waals surface area contributed by atoms with Crippen molar-refractivity contribution < 1.29 is 19.1 Å². The van der Waals surface area contributed by atoms with Gasteiger partial charge in [-0.25, -0.2) is 0 Å². The highest BCUT2D eigenvalue weighted by molar-refractivity contribution is 5.98. The third-order valence-electron chi connectivity index (χ3n) is 2.01. The minimum atomic E-state index is -0.715. The molecule has 0 aromatic heterocycles. The smallest absolute Gasteiger partial charge is 0.315 e. The molecule has 0 saturated carbocycles. The summed E-state index contributed by atoms with van der Waals surface area (Å²) in [5.41, 5.74) is 0. The van der Waals surface area contributed by atoms with Crippen molar-refractivity contribution in [2.45, 2.75) is 26.7 Å². The van der Waals surface area contributed by atoms with Crippen molar-refractivity contribution in [2.75, 3.05) is 13.7 Å². The monoisotopic (exact) mass is 215 g/mol. The molecule has 0 aliphatic heterocycles. The van der Waals surface area contributed by atoms with E-state index in [0.29, 0.717) is 13.0 Å². The summed E-state index contributed by atoms with van der Waals surface area (Å²) in [5, 5.41) is 2.58. The van der Waals surface area contributed by atoms with Crippen molar-refractivity contribution in [3.05, 3.63) is 0 Å². The summed E-state index contributed by atoms with van der Waals surface area (Å²) in [5.74, 6) is -1.51. The number of amides is 1. The summed E-state index contributed by atoms with van der Waals surface area (Å²) in [6, 6.07) is 0. The number of hydrogen-bond acceptors (Lipinski definition) is 4. The zero-order valence-electron chi connectivity index (χ0n) is 9.33. The van der Waals surface area contributed by atoms with E-state index in [-0.39, 0.29) is 18.1 Å². The summed E-state index contributed by atoms with van der Waals surface area (Å²) in [6.45, 7) is 3.39. The van der Waals surface area contributed by atoms with E-state index in [1.54, 1.807) is 0 Å². The van der Waals surface area contributed by atoms with Crippen LogP contribution in [0.15, 0.2) is 0 Å². The molecule has 0 aromatic carbocycles. The van der Waals surface area contributed by atoms with Crippen molar-refractivity contribution in [1.82, 2.24) is 5.32 Å². The molecule has 0 aliphatic rings. The number of carbonyl (C=O) groups excluding carboxylic acids is 3. The Morgan fingerprint density at radius 2 is 1.93 bits per heavy atom. The number of nitrogens with one attached hydrogen (secondary N) is 1. The molecule has 0 rings (SSSR count). The summed E-state index contributed by atoms with van der Waals surface area (Å²) in [7, 11) is 1.25. The first kappa shape index (κ1) is 13.6. The first-order valence-electron chi connectivity index (χ1n) is 4.84. The largest absolute Gasteiger partial charge is 0.468 e. The Hall–Kier alpha value is -1.39. The maximum absolute atomic E-state index is 11.4. The predicted octanol–water partition coefficient (Wildman–Crippen LogP) is 0.281. The Kier molecular flexibility index (Phi) is 6.33. The number of Topliss-reactive ketones (excluding diaryl/α,β-unsaturated/α-hetero) is 1. The van der Waals surface area contributed by atoms with Crippen LogP contribution >= 0.6 is 0 Å². The van der Waals surface area contributed by atoms with Gasteiger partial charge in [0.2, 0.25) is 5.91 Å². The quantitative estimate of drug-likeness (QED) is 0.392. The molecule has 0 bridgehead atoms. The van der Waals surface area contributed by atoms with Crippen LogP contribution in [-0.2, 0) is 19.1 Å². The van der Waals surface area contributed by atoms with E-state index in [1.165, 1.54) is 21.0 Å². The highest BCUT2D eigenvalue weighted by Gasteiger charge is 2.20. The standard InChI is InChI=1S/C10H17NO4/c1-7(10(14)15-3)9(13)5-4-6-11-8(2)12/h7H,4-6H2,1-3H3,(H,11,12)/t7-/m1/s1. The van der Waals surface area contributed by atoms with E-state index in [1.807, 2.05) is 0 Å². The van der Waals surface area contributed by atoms with Gasteiger partial charge in [0.25, 0.3) is 0 Å². The molecule has 1 amide bonds. The van der Waals surface area contributed by atoms with Crippen LogP contribution in [0.1, 0.15) is 26.7 Å². The van der Waals surface area contributed by atoms with Gasteiger partial charge in [0, 0.05) is 19.9 Å². The highest BCUT2D eigenvalue weighted by Crippen LogP contribution is 2.04. The van der Waals surface area contributed by atoms with Crippen molar-refractivity contribution >= 4 is 17.7 Å². The lowest BCUT2D eigenvalue weighted by Crippen LogP contribution is -2.25. The molecule has 0 fully saturated rings. The van der Waals surface area contributed by atoms with Crippen LogP contribution in [0, 0.1) is 5.92 Å². The Balaban J connectivity index is 3.74. The van der Waals surface area contributed by atoms with Crippen molar-refractivity contribution in [1.29, 1.82) is 0 Å². The van der Waals surface area contributed by atoms with Gasteiger partial charge in [-0.05, 0) is 13.3 Å². The van der Waals surface area contributed by atoms with Gasteiger partial charge >= 0.3 is 5.97 Å². The van der Waals surface area contributed by atoms with Crippen molar-refractivity contribution in [3.63, 3.8) is 0 Å². The lowest BCUT2D eigenvalue weighted by atomic mass is 10.0. The van der Waals surface area contributed by atoms with Crippen LogP contribution in [0.25, 0.3) is 0 Å². The second-order valence-electron chi connectivity index (χ2n) is 3.30. The van der Waals surface area contributed by atoms with Crippen LogP contribution in [0.3, 0.4) is 0 Å². The van der Waals surface area contributed by atoms with Gasteiger partial charge in [-0.2, -0.15) is 0 Å². The van der Waals surface area contributed by atoms with Gasteiger partial charge in [-0.3, -0.25) is 14.4 Å². The Morgan fingerprint density at radius 1 is 1.33 bits per heavy atom. The molecule has 0 saturated heterocycles. The van der Waals surface area contributed by atoms with E-state index in [0.717, 1.165) is 0 Å². The Morgan fingerprint density at radius 3 is 2.40 bits per heavy atom. The van der Waals surface area contributed by atoms with Crippen LogP contribution in [0.2, 0.25) is 0 Å². The van der Waals surface area contributed by atoms with Gasteiger partial charge in [0.15, 0.2) is 0 Å². The van der Waals surface area contributed by atoms with Crippen LogP contribution in [-0.4, -0.2) is 31.3 Å². The van der Waals surface area contributed by atoms with Gasteiger partial charge in [-0.15, -0.1) is 0 Å². The Labute approximate surface area is 89.2 Å². The zero-order valence-corrected chi connectivity index (χ0v) is 9.33. The summed E-state index contributed by atoms with van der Waals surface area (Å²) >= 11 is 0. The zero-order chi connectivity index (χ0) is 11.8. The summed E-state index contributed by atoms with van der Waals surface area (Å²) < 4.78 is 4.45. The van der Waals surface area contributed by atoms with E-state index in [2.05, 4.69) is 10.1 Å². The number of rotatable bonds is 6. The molecular formula is C10H17NO4. The summed E-state index contributed by atoms with van der Waals surface area (Å²) in [4.78, 5) is 32.9. The molecule has 0 unspecified atom stereocenters. The molecular weight excluding hydrogens is 198 g/mol. The predicted molar refractivity (Wildman–Crippen MR) is 54.1 cm³/mol. The third kappa shape index (κ3) is 5.83. The lowest BCUT2D eigenvalue weighted by molar-refractivity contribution is -0.148. The number of ketones is 1. The molecule has 1 atom stereocenters. The molecule has 0 radical (unpaired) electrons. The van der Waals surface area contributed by atoms with Gasteiger partial charge in [0.1, 0.15) is 11.7 Å². The summed E-state index contributed by atoms with van der Waals surface area (Å²) in [6.07, 6.45) is 0.816. The van der Waals surface area contributed by atoms with Crippen LogP contribution < -0.4 is 5.32 Å². The van der Waals surface area contributed by atoms with E-state index in [9.17, 15) is 14.4 Å². The molecule has 5 nitrogen and oxygen atoms in total. The second-order valence-corrected chi connectivity index (χ2v) is 3.30. The van der Waals surface area contributed by atoms with E-state index >= 15 is 0 Å². The van der Waals surface area contributed by atoms with Gasteiger partial charge in [-0.1, -0.05) is 0 Å². The fourth-order valence-corrected chi connectivity index (χ4v) is 1.05. The normalized spacial score (nSPS) is 11.7. The third-order valence-corrected chi connectivity index (χ3v) is 2.01. The molecule has 15 heavy (non-hydrogen) atoms. The fourth-order valence-electron chi connectivity index (χ4n) is 1.05. The number of carbonyl (C=O) groups is 3. The number of esters is 1. The number of methoxy groups -OCH3 is 1. The van der Waals surface area contributed by atoms with Crippen LogP contribution in [0.5, 0.6) is 0 Å². The molecule has 0 spiro atoms. The molecule has 0 aromatic rings. The maximum Gasteiger partial charge on any atom is 0.315 e. The van der Waals surface area contributed by atoms with Gasteiger partial charge < -0.3 is 10.1 Å². The number of hydrogen-bond donors (Lipinski definition) is 1. The highest BCUT2D eigenvalue weighted by atomic mass is 16.5. The maximum atomic E-state index is 11.4. The average molecular weight is 215 g/mol. The SMILES string of the molecule is COC(=O)[C@H](C)C(=O)CCCNC(C)=O. The van der Waals surface area contributed by atoms with Gasteiger partial charge in [0.05, 0.1) is 7.11 Å². The van der Waals surface area contributed by atoms with Crippen molar-refractivity contribution in [3.8, 4) is 0 Å². The molecule has 5 heteroatoms. The van der Waals surface area contributed by atoms with Crippen molar-refractivity contribution in [2.24, 2.45) is 5.92 Å². The van der Waals surface area contributed by atoms with E-state index < -0.39 is 11.9 Å². The molecule has 0 aliphatic carbocycles. The molecule has 1 N–H and O–H groups in total. The minimum Gasteiger partial charge on any atom is -0.468 e. The van der Waals surface area contributed by atoms with E-state index in [4.69, 9.17) is 0 Å². The first-order chi connectivity index (χ1) is 6.99. The topological polar surface area (TPSA) is 72.5 Å². The lowest BCUT2D eigenvalue weighted by Gasteiger charge is -2.07. The molecule has 0 heterocycles. The minimum absolute atomic E-state index is 0.122. The van der Waals surface area contributed by atoms with Crippen LogP contribution in [0.4, 0.5) is 0 Å². The fraction of sp³-hybridized carbons (Fsp3) is 0.700.